The Balaban J connectivity index is 1.89. The minimum Gasteiger partial charge on any atom is -0.493 e. The molecule has 5 nitrogen and oxygen atoms in total. The number of hydrogen-bond donors (Lipinski definition) is 2. The quantitative estimate of drug-likeness (QED) is 0.772. The number of hydrogen-bond acceptors (Lipinski definition) is 3. The number of rotatable bonds is 8. The Hall–Kier alpha value is -2.82. The number of carbonyl (C=O) groups is 2. The molecule has 0 saturated heterocycles. The van der Waals surface area contributed by atoms with Crippen LogP contribution in [0.1, 0.15) is 35.7 Å². The van der Waals surface area contributed by atoms with Crippen LogP contribution in [0.4, 0.5) is 5.69 Å². The second-order valence-corrected chi connectivity index (χ2v) is 5.76. The summed E-state index contributed by atoms with van der Waals surface area (Å²) in [5.74, 6) is 0.365. The van der Waals surface area contributed by atoms with Crippen molar-refractivity contribution in [1.29, 1.82) is 0 Å². The van der Waals surface area contributed by atoms with E-state index < -0.39 is 0 Å². The fourth-order valence-corrected chi connectivity index (χ4v) is 2.30. The average molecular weight is 340 g/mol. The molecule has 2 aromatic carbocycles. The number of ether oxygens (including phenoxy) is 1. The molecule has 0 bridgehead atoms. The monoisotopic (exact) mass is 340 g/mol. The first-order chi connectivity index (χ1) is 12.1. The normalized spacial score (nSPS) is 10.2. The van der Waals surface area contributed by atoms with Crippen LogP contribution >= 0.6 is 0 Å². The molecule has 0 atom stereocenters. The summed E-state index contributed by atoms with van der Waals surface area (Å²) < 4.78 is 5.59. The molecule has 0 aromatic heterocycles. The molecule has 0 fully saturated rings. The molecule has 25 heavy (non-hydrogen) atoms. The SMILES string of the molecule is CCCNC(=O)c1ccccc1NC(=O)CCOc1cccc(C)c1. The van der Waals surface area contributed by atoms with Crippen LogP contribution in [0.3, 0.4) is 0 Å². The van der Waals surface area contributed by atoms with Gasteiger partial charge in [-0.15, -0.1) is 0 Å². The van der Waals surface area contributed by atoms with E-state index in [4.69, 9.17) is 4.74 Å². The van der Waals surface area contributed by atoms with Gasteiger partial charge in [0.05, 0.1) is 24.3 Å². The van der Waals surface area contributed by atoms with Gasteiger partial charge in [0.15, 0.2) is 0 Å². The number of benzene rings is 2. The van der Waals surface area contributed by atoms with Gasteiger partial charge in [0.2, 0.25) is 5.91 Å². The van der Waals surface area contributed by atoms with Crippen molar-refractivity contribution in [3.05, 3.63) is 59.7 Å². The standard InChI is InChI=1S/C20H24N2O3/c1-3-12-21-20(24)17-9-4-5-10-18(17)22-19(23)11-13-25-16-8-6-7-15(2)14-16/h4-10,14H,3,11-13H2,1-2H3,(H,21,24)(H,22,23). The van der Waals surface area contributed by atoms with Crippen LogP contribution in [0, 0.1) is 6.92 Å². The summed E-state index contributed by atoms with van der Waals surface area (Å²) >= 11 is 0. The van der Waals surface area contributed by atoms with Crippen LogP contribution in [-0.2, 0) is 4.79 Å². The zero-order chi connectivity index (χ0) is 18.1. The van der Waals surface area contributed by atoms with Gasteiger partial charge in [0.1, 0.15) is 5.75 Å². The van der Waals surface area contributed by atoms with E-state index in [1.807, 2.05) is 38.1 Å². The number of nitrogens with one attached hydrogen (secondary N) is 2. The fourth-order valence-electron chi connectivity index (χ4n) is 2.30. The maximum Gasteiger partial charge on any atom is 0.253 e. The maximum atomic E-state index is 12.1. The van der Waals surface area contributed by atoms with Crippen LogP contribution in [0.25, 0.3) is 0 Å². The first-order valence-corrected chi connectivity index (χ1v) is 8.46. The molecule has 0 aliphatic carbocycles. The third-order valence-electron chi connectivity index (χ3n) is 3.57. The molecule has 5 heteroatoms. The Morgan fingerprint density at radius 3 is 2.64 bits per heavy atom. The van der Waals surface area contributed by atoms with Crippen LogP contribution in [0.2, 0.25) is 0 Å². The van der Waals surface area contributed by atoms with Gasteiger partial charge in [-0.3, -0.25) is 9.59 Å². The average Bonchev–Trinajstić information content (AvgIpc) is 2.60. The molecule has 2 rings (SSSR count). The molecule has 0 radical (unpaired) electrons. The number of anilines is 1. The lowest BCUT2D eigenvalue weighted by atomic mass is 10.1. The zero-order valence-corrected chi connectivity index (χ0v) is 14.7. The van der Waals surface area contributed by atoms with Gasteiger partial charge >= 0.3 is 0 Å². The van der Waals surface area contributed by atoms with E-state index in [-0.39, 0.29) is 24.8 Å². The second-order valence-electron chi connectivity index (χ2n) is 5.76. The van der Waals surface area contributed by atoms with E-state index in [0.29, 0.717) is 17.8 Å². The second kappa shape index (κ2) is 9.47. The Morgan fingerprint density at radius 1 is 1.08 bits per heavy atom. The lowest BCUT2D eigenvalue weighted by molar-refractivity contribution is -0.116. The van der Waals surface area contributed by atoms with Gasteiger partial charge in [0, 0.05) is 6.54 Å². The Kier molecular flexibility index (Phi) is 7.01. The molecule has 0 spiro atoms. The molecule has 132 valence electrons. The van der Waals surface area contributed by atoms with Crippen molar-refractivity contribution < 1.29 is 14.3 Å². The number of amides is 2. The number of para-hydroxylation sites is 1. The van der Waals surface area contributed by atoms with Crippen LogP contribution in [-0.4, -0.2) is 25.0 Å². The molecular formula is C20H24N2O3. The maximum absolute atomic E-state index is 12.1. The molecule has 0 aliphatic heterocycles. The van der Waals surface area contributed by atoms with Crippen molar-refractivity contribution in [2.75, 3.05) is 18.5 Å². The molecular weight excluding hydrogens is 316 g/mol. The smallest absolute Gasteiger partial charge is 0.253 e. The van der Waals surface area contributed by atoms with Crippen LogP contribution in [0.5, 0.6) is 5.75 Å². The molecule has 2 aromatic rings. The molecule has 2 N–H and O–H groups in total. The van der Waals surface area contributed by atoms with Crippen molar-refractivity contribution in [2.45, 2.75) is 26.7 Å². The van der Waals surface area contributed by atoms with E-state index in [1.54, 1.807) is 24.3 Å². The Labute approximate surface area is 148 Å². The highest BCUT2D eigenvalue weighted by molar-refractivity contribution is 6.03. The largest absolute Gasteiger partial charge is 0.493 e. The summed E-state index contributed by atoms with van der Waals surface area (Å²) in [6, 6.07) is 14.7. The number of carbonyl (C=O) groups excluding carboxylic acids is 2. The van der Waals surface area contributed by atoms with Crippen LogP contribution < -0.4 is 15.4 Å². The molecule has 0 unspecified atom stereocenters. The minimum atomic E-state index is -0.191. The van der Waals surface area contributed by atoms with Gasteiger partial charge in [-0.2, -0.15) is 0 Å². The summed E-state index contributed by atoms with van der Waals surface area (Å²) in [6.45, 7) is 4.85. The highest BCUT2D eigenvalue weighted by Crippen LogP contribution is 2.16. The molecule has 0 heterocycles. The van der Waals surface area contributed by atoms with Crippen molar-refractivity contribution in [3.63, 3.8) is 0 Å². The van der Waals surface area contributed by atoms with Gasteiger partial charge in [-0.05, 0) is 43.2 Å². The van der Waals surface area contributed by atoms with E-state index in [0.717, 1.165) is 17.7 Å². The minimum absolute atomic E-state index is 0.186. The van der Waals surface area contributed by atoms with E-state index in [2.05, 4.69) is 10.6 Å². The van der Waals surface area contributed by atoms with E-state index in [9.17, 15) is 9.59 Å². The lowest BCUT2D eigenvalue weighted by Crippen LogP contribution is -2.26. The lowest BCUT2D eigenvalue weighted by Gasteiger charge is -2.11. The van der Waals surface area contributed by atoms with Crippen LogP contribution in [0.15, 0.2) is 48.5 Å². The first kappa shape index (κ1) is 18.5. The van der Waals surface area contributed by atoms with E-state index >= 15 is 0 Å². The predicted octanol–water partition coefficient (Wildman–Crippen LogP) is 3.54. The molecule has 2 amide bonds. The van der Waals surface area contributed by atoms with E-state index in [1.165, 1.54) is 0 Å². The fraction of sp³-hybridized carbons (Fsp3) is 0.300. The van der Waals surface area contributed by atoms with Gasteiger partial charge in [0.25, 0.3) is 5.91 Å². The Bertz CT molecular complexity index is 728. The summed E-state index contributed by atoms with van der Waals surface area (Å²) in [5, 5.41) is 5.60. The van der Waals surface area contributed by atoms with Crippen molar-refractivity contribution in [1.82, 2.24) is 5.32 Å². The first-order valence-electron chi connectivity index (χ1n) is 8.46. The summed E-state index contributed by atoms with van der Waals surface area (Å²) in [4.78, 5) is 24.3. The number of aryl methyl sites for hydroxylation is 1. The third-order valence-corrected chi connectivity index (χ3v) is 3.57. The van der Waals surface area contributed by atoms with Crippen molar-refractivity contribution in [2.24, 2.45) is 0 Å². The highest BCUT2D eigenvalue weighted by Gasteiger charge is 2.12. The molecule has 0 saturated carbocycles. The topological polar surface area (TPSA) is 67.4 Å². The zero-order valence-electron chi connectivity index (χ0n) is 14.7. The highest BCUT2D eigenvalue weighted by atomic mass is 16.5. The summed E-state index contributed by atoms with van der Waals surface area (Å²) in [6.07, 6.45) is 1.06. The van der Waals surface area contributed by atoms with Gasteiger partial charge in [-0.25, -0.2) is 0 Å². The summed E-state index contributed by atoms with van der Waals surface area (Å²) in [5.41, 5.74) is 2.08. The predicted molar refractivity (Wildman–Crippen MR) is 99.0 cm³/mol. The third kappa shape index (κ3) is 5.95. The van der Waals surface area contributed by atoms with Crippen molar-refractivity contribution in [3.8, 4) is 5.75 Å². The Morgan fingerprint density at radius 2 is 1.88 bits per heavy atom. The van der Waals surface area contributed by atoms with Gasteiger partial charge in [-0.1, -0.05) is 31.2 Å². The van der Waals surface area contributed by atoms with Gasteiger partial charge < -0.3 is 15.4 Å². The summed E-state index contributed by atoms with van der Waals surface area (Å²) in [7, 11) is 0. The van der Waals surface area contributed by atoms with Crippen molar-refractivity contribution >= 4 is 17.5 Å². The molecule has 0 aliphatic rings.